The molecular weight excluding hydrogens is 115 g/mol. The van der Waals surface area contributed by atoms with E-state index in [4.69, 9.17) is 5.73 Å². The number of urea groups is 1. The summed E-state index contributed by atoms with van der Waals surface area (Å²) in [4.78, 5) is 11.2. The van der Waals surface area contributed by atoms with Crippen molar-refractivity contribution < 1.29 is 4.79 Å². The molecular formula is C3H9ClN2O. The van der Waals surface area contributed by atoms with Gasteiger partial charge in [0.2, 0.25) is 0 Å². The number of hydrogen-bond donors (Lipinski definition) is 1. The maximum atomic E-state index is 9.85. The highest BCUT2D eigenvalue weighted by Crippen LogP contribution is 1.65. The SMILES string of the molecule is CN(C)C(N)=O.Cl. The van der Waals surface area contributed by atoms with Crippen molar-refractivity contribution in [1.82, 2.24) is 4.90 Å². The molecule has 0 heterocycles. The molecule has 0 spiro atoms. The summed E-state index contributed by atoms with van der Waals surface area (Å²) in [6.07, 6.45) is 0. The van der Waals surface area contributed by atoms with Gasteiger partial charge >= 0.3 is 6.03 Å². The summed E-state index contributed by atoms with van der Waals surface area (Å²) >= 11 is 0. The number of carbonyl (C=O) groups excluding carboxylic acids is 1. The number of amides is 2. The van der Waals surface area contributed by atoms with Crippen LogP contribution in [0, 0.1) is 0 Å². The van der Waals surface area contributed by atoms with E-state index in [0.717, 1.165) is 0 Å². The Hall–Kier alpha value is -0.440. The third-order valence-electron chi connectivity index (χ3n) is 0.441. The van der Waals surface area contributed by atoms with Gasteiger partial charge in [-0.25, -0.2) is 4.79 Å². The molecule has 0 aliphatic carbocycles. The summed E-state index contributed by atoms with van der Waals surface area (Å²) in [5, 5.41) is 0. The standard InChI is InChI=1S/C3H8N2O.ClH/c1-5(2)3(4)6;/h1-2H3,(H2,4,6);1H. The zero-order valence-electron chi connectivity index (χ0n) is 4.34. The van der Waals surface area contributed by atoms with Gasteiger partial charge in [0, 0.05) is 14.1 Å². The van der Waals surface area contributed by atoms with Crippen molar-refractivity contribution in [1.29, 1.82) is 0 Å². The molecule has 0 atom stereocenters. The van der Waals surface area contributed by atoms with Crippen molar-refractivity contribution >= 4 is 18.4 Å². The molecule has 0 aliphatic heterocycles. The summed E-state index contributed by atoms with van der Waals surface area (Å²) in [6, 6.07) is -0.407. The van der Waals surface area contributed by atoms with E-state index in [-0.39, 0.29) is 12.4 Å². The first-order chi connectivity index (χ1) is 2.64. The van der Waals surface area contributed by atoms with Crippen LogP contribution in [0.25, 0.3) is 0 Å². The van der Waals surface area contributed by atoms with E-state index in [0.29, 0.717) is 0 Å². The fourth-order valence-electron chi connectivity index (χ4n) is 0. The molecule has 4 heteroatoms. The summed E-state index contributed by atoms with van der Waals surface area (Å²) < 4.78 is 0. The molecule has 0 aromatic carbocycles. The Balaban J connectivity index is 0. The van der Waals surface area contributed by atoms with Gasteiger partial charge in [-0.3, -0.25) is 0 Å². The van der Waals surface area contributed by atoms with Crippen molar-refractivity contribution in [3.05, 3.63) is 0 Å². The molecule has 3 nitrogen and oxygen atoms in total. The minimum atomic E-state index is -0.407. The summed E-state index contributed by atoms with van der Waals surface area (Å²) in [5.74, 6) is 0. The molecule has 2 amide bonds. The maximum Gasteiger partial charge on any atom is 0.314 e. The van der Waals surface area contributed by atoms with Gasteiger partial charge in [0.1, 0.15) is 0 Å². The zero-order chi connectivity index (χ0) is 5.15. The van der Waals surface area contributed by atoms with Crippen LogP contribution >= 0.6 is 12.4 Å². The molecule has 0 rings (SSSR count). The number of nitrogens with zero attached hydrogens (tertiary/aromatic N) is 1. The van der Waals surface area contributed by atoms with Gasteiger partial charge in [-0.15, -0.1) is 12.4 Å². The monoisotopic (exact) mass is 124 g/mol. The van der Waals surface area contributed by atoms with Crippen molar-refractivity contribution in [2.24, 2.45) is 5.73 Å². The summed E-state index contributed by atoms with van der Waals surface area (Å²) in [5.41, 5.74) is 4.72. The number of primary amides is 1. The van der Waals surface area contributed by atoms with Crippen LogP contribution in [0.1, 0.15) is 0 Å². The Morgan fingerprint density at radius 1 is 1.57 bits per heavy atom. The van der Waals surface area contributed by atoms with Crippen LogP contribution in [-0.4, -0.2) is 25.0 Å². The Morgan fingerprint density at radius 2 is 1.71 bits per heavy atom. The Labute approximate surface area is 48.9 Å². The molecule has 0 bridgehead atoms. The molecule has 0 aliphatic rings. The third kappa shape index (κ3) is 5.56. The average molecular weight is 125 g/mol. The minimum Gasteiger partial charge on any atom is -0.352 e. The highest BCUT2D eigenvalue weighted by atomic mass is 35.5. The van der Waals surface area contributed by atoms with Crippen LogP contribution in [0.4, 0.5) is 4.79 Å². The fourth-order valence-corrected chi connectivity index (χ4v) is 0. The van der Waals surface area contributed by atoms with E-state index < -0.39 is 6.03 Å². The first-order valence-electron chi connectivity index (χ1n) is 1.61. The topological polar surface area (TPSA) is 46.3 Å². The fraction of sp³-hybridized carbons (Fsp3) is 0.667. The molecule has 44 valence electrons. The van der Waals surface area contributed by atoms with Crippen LogP contribution in [-0.2, 0) is 0 Å². The third-order valence-corrected chi connectivity index (χ3v) is 0.441. The molecule has 0 unspecified atom stereocenters. The second-order valence-corrected chi connectivity index (χ2v) is 1.23. The second-order valence-electron chi connectivity index (χ2n) is 1.23. The lowest BCUT2D eigenvalue weighted by Crippen LogP contribution is -2.27. The van der Waals surface area contributed by atoms with E-state index in [9.17, 15) is 4.79 Å². The van der Waals surface area contributed by atoms with Crippen molar-refractivity contribution in [3.8, 4) is 0 Å². The molecule has 0 aromatic heterocycles. The van der Waals surface area contributed by atoms with Gasteiger partial charge in [-0.2, -0.15) is 0 Å². The minimum absolute atomic E-state index is 0. The Kier molecular flexibility index (Phi) is 5.21. The van der Waals surface area contributed by atoms with E-state index >= 15 is 0 Å². The van der Waals surface area contributed by atoms with E-state index in [1.165, 1.54) is 4.90 Å². The predicted octanol–water partition coefficient (Wildman–Crippen LogP) is 0.0485. The van der Waals surface area contributed by atoms with E-state index in [2.05, 4.69) is 0 Å². The molecule has 0 radical (unpaired) electrons. The van der Waals surface area contributed by atoms with Gasteiger partial charge < -0.3 is 10.6 Å². The lowest BCUT2D eigenvalue weighted by atomic mass is 10.9. The molecule has 0 saturated heterocycles. The number of nitrogens with two attached hydrogens (primary N) is 1. The number of carbonyl (C=O) groups is 1. The maximum absolute atomic E-state index is 9.85. The smallest absolute Gasteiger partial charge is 0.314 e. The summed E-state index contributed by atoms with van der Waals surface area (Å²) in [7, 11) is 3.20. The van der Waals surface area contributed by atoms with Gasteiger partial charge in [-0.1, -0.05) is 0 Å². The van der Waals surface area contributed by atoms with Gasteiger partial charge in [-0.05, 0) is 0 Å². The van der Waals surface area contributed by atoms with Crippen LogP contribution < -0.4 is 5.73 Å². The second kappa shape index (κ2) is 3.74. The van der Waals surface area contributed by atoms with Gasteiger partial charge in [0.15, 0.2) is 0 Å². The Morgan fingerprint density at radius 3 is 1.71 bits per heavy atom. The highest BCUT2D eigenvalue weighted by Gasteiger charge is 1.88. The largest absolute Gasteiger partial charge is 0.352 e. The van der Waals surface area contributed by atoms with Crippen molar-refractivity contribution in [2.75, 3.05) is 14.1 Å². The van der Waals surface area contributed by atoms with Crippen LogP contribution in [0.15, 0.2) is 0 Å². The normalized spacial score (nSPS) is 6.57. The van der Waals surface area contributed by atoms with Crippen LogP contribution in [0.3, 0.4) is 0 Å². The molecule has 0 fully saturated rings. The molecule has 0 saturated carbocycles. The first kappa shape index (κ1) is 9.75. The average Bonchev–Trinajstić information content (AvgIpc) is 1.36. The van der Waals surface area contributed by atoms with E-state index in [1.54, 1.807) is 14.1 Å². The molecule has 0 aromatic rings. The lowest BCUT2D eigenvalue weighted by Gasteiger charge is -2.01. The quantitative estimate of drug-likeness (QED) is 0.487. The molecule has 2 N–H and O–H groups in total. The van der Waals surface area contributed by atoms with Crippen molar-refractivity contribution in [2.45, 2.75) is 0 Å². The van der Waals surface area contributed by atoms with Crippen LogP contribution in [0.2, 0.25) is 0 Å². The molecule has 7 heavy (non-hydrogen) atoms. The van der Waals surface area contributed by atoms with Gasteiger partial charge in [0.25, 0.3) is 0 Å². The van der Waals surface area contributed by atoms with E-state index in [1.807, 2.05) is 0 Å². The van der Waals surface area contributed by atoms with Crippen LogP contribution in [0.5, 0.6) is 0 Å². The first-order valence-corrected chi connectivity index (χ1v) is 1.61. The Bertz CT molecular complexity index is 64.0. The van der Waals surface area contributed by atoms with Crippen molar-refractivity contribution in [3.63, 3.8) is 0 Å². The number of rotatable bonds is 0. The zero-order valence-corrected chi connectivity index (χ0v) is 5.16. The highest BCUT2D eigenvalue weighted by molar-refractivity contribution is 5.85. The number of halogens is 1. The predicted molar refractivity (Wildman–Crippen MR) is 30.5 cm³/mol. The number of hydrogen-bond acceptors (Lipinski definition) is 1. The van der Waals surface area contributed by atoms with Gasteiger partial charge in [0.05, 0.1) is 0 Å². The summed E-state index contributed by atoms with van der Waals surface area (Å²) in [6.45, 7) is 0. The lowest BCUT2D eigenvalue weighted by molar-refractivity contribution is 0.227.